The van der Waals surface area contributed by atoms with E-state index in [4.69, 9.17) is 9.15 Å². The second-order valence-corrected chi connectivity index (χ2v) is 5.27. The number of hydrogen-bond acceptors (Lipinski definition) is 5. The number of hydrogen-bond donors (Lipinski definition) is 1. The maximum atomic E-state index is 12.3. The summed E-state index contributed by atoms with van der Waals surface area (Å²) in [5, 5.41) is 0. The molecule has 0 amide bonds. The fourth-order valence-electron chi connectivity index (χ4n) is 2.56. The topological polar surface area (TPSA) is 85.9 Å². The minimum atomic E-state index is -0.260. The number of nitrogens with one attached hydrogen (secondary N) is 1. The summed E-state index contributed by atoms with van der Waals surface area (Å²) >= 11 is 0. The van der Waals surface area contributed by atoms with Gasteiger partial charge in [-0.2, -0.15) is 0 Å². The summed E-state index contributed by atoms with van der Waals surface area (Å²) in [6, 6.07) is 11.1. The number of imidazole rings is 1. The van der Waals surface area contributed by atoms with Crippen LogP contribution in [0.5, 0.6) is 5.75 Å². The highest BCUT2D eigenvalue weighted by Gasteiger charge is 2.13. The first-order valence-corrected chi connectivity index (χ1v) is 7.37. The molecule has 4 aromatic rings. The van der Waals surface area contributed by atoms with Crippen LogP contribution in [0.3, 0.4) is 0 Å². The molecule has 7 heteroatoms. The molecule has 120 valence electrons. The van der Waals surface area contributed by atoms with Gasteiger partial charge in [0.25, 0.3) is 0 Å². The number of nitrogens with zero attached hydrogens (tertiary/aromatic N) is 3. The average Bonchev–Trinajstić information content (AvgIpc) is 3.24. The second kappa shape index (κ2) is 5.69. The number of furan rings is 1. The van der Waals surface area contributed by atoms with Crippen molar-refractivity contribution in [3.8, 4) is 17.2 Å². The van der Waals surface area contributed by atoms with E-state index in [2.05, 4.69) is 15.0 Å². The normalized spacial score (nSPS) is 11.0. The first-order chi connectivity index (χ1) is 11.7. The van der Waals surface area contributed by atoms with Gasteiger partial charge in [-0.15, -0.1) is 0 Å². The van der Waals surface area contributed by atoms with Crippen molar-refractivity contribution in [3.63, 3.8) is 0 Å². The maximum Gasteiger partial charge on any atom is 0.329 e. The number of benzene rings is 1. The van der Waals surface area contributed by atoms with Crippen LogP contribution in [0.15, 0.2) is 58.1 Å². The molecule has 0 radical (unpaired) electrons. The Morgan fingerprint density at radius 2 is 2.21 bits per heavy atom. The van der Waals surface area contributed by atoms with E-state index in [-0.39, 0.29) is 5.69 Å². The number of aromatic nitrogens is 4. The molecule has 0 bridgehead atoms. The zero-order valence-electron chi connectivity index (χ0n) is 12.9. The molecule has 4 rings (SSSR count). The van der Waals surface area contributed by atoms with Crippen LogP contribution in [0.2, 0.25) is 0 Å². The zero-order chi connectivity index (χ0) is 16.5. The Morgan fingerprint density at radius 3 is 3.00 bits per heavy atom. The van der Waals surface area contributed by atoms with Crippen molar-refractivity contribution < 1.29 is 9.15 Å². The predicted octanol–water partition coefficient (Wildman–Crippen LogP) is 2.44. The number of methoxy groups -OCH3 is 1. The molecule has 0 saturated carbocycles. The molecule has 0 aliphatic rings. The van der Waals surface area contributed by atoms with Crippen molar-refractivity contribution in [2.45, 2.75) is 6.54 Å². The molecular formula is C17H14N4O3. The molecule has 3 heterocycles. The van der Waals surface area contributed by atoms with Gasteiger partial charge in [0.15, 0.2) is 17.1 Å². The minimum Gasteiger partial charge on any atom is -0.497 e. The highest BCUT2D eigenvalue weighted by molar-refractivity contribution is 5.69. The van der Waals surface area contributed by atoms with Crippen LogP contribution in [-0.2, 0) is 6.54 Å². The van der Waals surface area contributed by atoms with Crippen molar-refractivity contribution >= 4 is 11.3 Å². The van der Waals surface area contributed by atoms with Crippen LogP contribution < -0.4 is 10.4 Å². The molecule has 1 N–H and O–H groups in total. The maximum absolute atomic E-state index is 12.3. The largest absolute Gasteiger partial charge is 0.497 e. The Hall–Kier alpha value is -3.35. The van der Waals surface area contributed by atoms with E-state index in [9.17, 15) is 4.79 Å². The van der Waals surface area contributed by atoms with Crippen molar-refractivity contribution in [3.05, 3.63) is 64.9 Å². The Kier molecular flexibility index (Phi) is 3.38. The summed E-state index contributed by atoms with van der Waals surface area (Å²) in [5.74, 6) is 1.34. The lowest BCUT2D eigenvalue weighted by atomic mass is 10.2. The number of ether oxygens (including phenoxy) is 1. The lowest BCUT2D eigenvalue weighted by Crippen LogP contribution is -2.17. The quantitative estimate of drug-likeness (QED) is 0.623. The van der Waals surface area contributed by atoms with E-state index in [0.717, 1.165) is 11.3 Å². The fraction of sp³-hybridized carbons (Fsp3) is 0.118. The van der Waals surface area contributed by atoms with Gasteiger partial charge in [-0.3, -0.25) is 9.55 Å². The van der Waals surface area contributed by atoms with Gasteiger partial charge in [0.2, 0.25) is 0 Å². The van der Waals surface area contributed by atoms with Gasteiger partial charge in [-0.25, -0.2) is 14.8 Å². The van der Waals surface area contributed by atoms with Gasteiger partial charge in [-0.05, 0) is 29.8 Å². The first-order valence-electron chi connectivity index (χ1n) is 7.37. The van der Waals surface area contributed by atoms with Gasteiger partial charge in [-0.1, -0.05) is 12.1 Å². The van der Waals surface area contributed by atoms with E-state index in [0.29, 0.717) is 29.3 Å². The SMILES string of the molecule is COc1cccc(Cn2c(=O)[nH]c3ncc(-c4ccco4)nc32)c1. The number of rotatable bonds is 4. The van der Waals surface area contributed by atoms with Crippen LogP contribution in [0.25, 0.3) is 22.7 Å². The number of H-pyrrole nitrogens is 1. The first kappa shape index (κ1) is 14.3. The van der Waals surface area contributed by atoms with Gasteiger partial charge in [0, 0.05) is 0 Å². The molecule has 7 nitrogen and oxygen atoms in total. The molecule has 1 aromatic carbocycles. The van der Waals surface area contributed by atoms with Crippen LogP contribution in [0.4, 0.5) is 0 Å². The third-order valence-electron chi connectivity index (χ3n) is 3.73. The summed E-state index contributed by atoms with van der Waals surface area (Å²) in [7, 11) is 1.61. The molecule has 0 unspecified atom stereocenters. The molecule has 24 heavy (non-hydrogen) atoms. The van der Waals surface area contributed by atoms with Crippen molar-refractivity contribution in [2.75, 3.05) is 7.11 Å². The Labute approximate surface area is 136 Å². The van der Waals surface area contributed by atoms with Gasteiger partial charge >= 0.3 is 5.69 Å². The Balaban J connectivity index is 1.80. The molecular weight excluding hydrogens is 308 g/mol. The van der Waals surface area contributed by atoms with Gasteiger partial charge in [0.1, 0.15) is 11.4 Å². The van der Waals surface area contributed by atoms with Crippen LogP contribution in [0.1, 0.15) is 5.56 Å². The monoisotopic (exact) mass is 322 g/mol. The highest BCUT2D eigenvalue weighted by atomic mass is 16.5. The summed E-state index contributed by atoms with van der Waals surface area (Å²) < 4.78 is 12.1. The lowest BCUT2D eigenvalue weighted by molar-refractivity contribution is 0.414. The van der Waals surface area contributed by atoms with E-state index >= 15 is 0 Å². The standard InChI is InChI=1S/C17H14N4O3/c1-23-12-5-2-4-11(8-12)10-21-16-15(20-17(21)22)18-9-13(19-16)14-6-3-7-24-14/h2-9H,10H2,1H3,(H,18,20,22). The van der Waals surface area contributed by atoms with Gasteiger partial charge < -0.3 is 9.15 Å². The third kappa shape index (κ3) is 2.45. The molecule has 0 saturated heterocycles. The molecule has 0 spiro atoms. The molecule has 0 atom stereocenters. The van der Waals surface area contributed by atoms with Crippen LogP contribution >= 0.6 is 0 Å². The summed E-state index contributed by atoms with van der Waals surface area (Å²) in [4.78, 5) is 23.8. The highest BCUT2D eigenvalue weighted by Crippen LogP contribution is 2.19. The van der Waals surface area contributed by atoms with Crippen molar-refractivity contribution in [2.24, 2.45) is 0 Å². The molecule has 0 aliphatic heterocycles. The second-order valence-electron chi connectivity index (χ2n) is 5.27. The lowest BCUT2D eigenvalue weighted by Gasteiger charge is -2.06. The van der Waals surface area contributed by atoms with E-state index in [1.54, 1.807) is 36.3 Å². The fourth-order valence-corrected chi connectivity index (χ4v) is 2.56. The van der Waals surface area contributed by atoms with E-state index < -0.39 is 0 Å². The smallest absolute Gasteiger partial charge is 0.329 e. The predicted molar refractivity (Wildman–Crippen MR) is 87.9 cm³/mol. The molecule has 0 fully saturated rings. The Morgan fingerprint density at radius 1 is 1.29 bits per heavy atom. The third-order valence-corrected chi connectivity index (χ3v) is 3.73. The summed E-state index contributed by atoms with van der Waals surface area (Å²) in [6.45, 7) is 0.367. The number of fused-ring (bicyclic) bond motifs is 1. The summed E-state index contributed by atoms with van der Waals surface area (Å²) in [5.41, 5.74) is 2.17. The minimum absolute atomic E-state index is 0.260. The van der Waals surface area contributed by atoms with Crippen LogP contribution in [0, 0.1) is 0 Å². The van der Waals surface area contributed by atoms with E-state index in [1.807, 2.05) is 24.3 Å². The summed E-state index contributed by atoms with van der Waals surface area (Å²) in [6.07, 6.45) is 3.15. The molecule has 3 aromatic heterocycles. The molecule has 0 aliphatic carbocycles. The van der Waals surface area contributed by atoms with Crippen molar-refractivity contribution in [1.82, 2.24) is 19.5 Å². The van der Waals surface area contributed by atoms with Crippen molar-refractivity contribution in [1.29, 1.82) is 0 Å². The zero-order valence-corrected chi connectivity index (χ0v) is 12.9. The van der Waals surface area contributed by atoms with E-state index in [1.165, 1.54) is 0 Å². The van der Waals surface area contributed by atoms with Crippen LogP contribution in [-0.4, -0.2) is 26.6 Å². The Bertz CT molecular complexity index is 1050. The number of aromatic amines is 1. The van der Waals surface area contributed by atoms with Gasteiger partial charge in [0.05, 0.1) is 26.1 Å². The average molecular weight is 322 g/mol.